The first-order chi connectivity index (χ1) is 16.0. The van der Waals surface area contributed by atoms with Crippen LogP contribution in [0.1, 0.15) is 29.2 Å². The van der Waals surface area contributed by atoms with Crippen molar-refractivity contribution >= 4 is 11.9 Å². The topological polar surface area (TPSA) is 117 Å². The summed E-state index contributed by atoms with van der Waals surface area (Å²) in [6.45, 7) is 0.195. The van der Waals surface area contributed by atoms with E-state index in [1.807, 2.05) is 0 Å². The van der Waals surface area contributed by atoms with E-state index in [9.17, 15) is 27.9 Å². The summed E-state index contributed by atoms with van der Waals surface area (Å²) in [5.41, 5.74) is 6.12. The number of carbonyl (C=O) groups is 2. The Kier molecular flexibility index (Phi) is 7.37. The Hall–Kier alpha value is -3.31. The minimum Gasteiger partial charge on any atom is -0.463 e. The maximum absolute atomic E-state index is 12.7. The van der Waals surface area contributed by atoms with Gasteiger partial charge < -0.3 is 29.8 Å². The predicted molar refractivity (Wildman–Crippen MR) is 112 cm³/mol. The summed E-state index contributed by atoms with van der Waals surface area (Å²) in [5, 5.41) is 10.5. The van der Waals surface area contributed by atoms with Crippen molar-refractivity contribution in [3.05, 3.63) is 59.2 Å². The van der Waals surface area contributed by atoms with Crippen LogP contribution in [0.5, 0.6) is 11.5 Å². The second-order valence-corrected chi connectivity index (χ2v) is 7.76. The molecule has 1 heterocycles. The van der Waals surface area contributed by atoms with Crippen molar-refractivity contribution in [2.45, 2.75) is 30.9 Å². The van der Waals surface area contributed by atoms with Gasteiger partial charge in [0.1, 0.15) is 0 Å². The normalized spacial score (nSPS) is 16.0. The molecule has 0 fully saturated rings. The van der Waals surface area contributed by atoms with Crippen LogP contribution in [0.2, 0.25) is 0 Å². The van der Waals surface area contributed by atoms with Crippen molar-refractivity contribution in [3.8, 4) is 11.5 Å². The average Bonchev–Trinajstić information content (AvgIpc) is 3.22. The molecule has 184 valence electrons. The highest BCUT2D eigenvalue weighted by Crippen LogP contribution is 2.41. The van der Waals surface area contributed by atoms with Crippen molar-refractivity contribution in [2.75, 3.05) is 20.8 Å². The van der Waals surface area contributed by atoms with E-state index < -0.39 is 35.6 Å². The first-order valence-electron chi connectivity index (χ1n) is 10.3. The maximum atomic E-state index is 12.7. The number of ether oxygens (including phenoxy) is 4. The molecule has 0 saturated carbocycles. The van der Waals surface area contributed by atoms with Gasteiger partial charge in [0.2, 0.25) is 0 Å². The number of rotatable bonds is 8. The summed E-state index contributed by atoms with van der Waals surface area (Å²) in [6, 6.07) is 9.07. The number of alkyl halides is 3. The van der Waals surface area contributed by atoms with E-state index in [1.54, 1.807) is 12.1 Å². The lowest BCUT2D eigenvalue weighted by Gasteiger charge is -2.21. The van der Waals surface area contributed by atoms with Crippen LogP contribution in [0, 0.1) is 5.92 Å². The minimum atomic E-state index is -4.46. The molecule has 8 nitrogen and oxygen atoms in total. The third kappa shape index (κ3) is 5.10. The molecule has 3 N–H and O–H groups in total. The Balaban J connectivity index is 1.71. The highest BCUT2D eigenvalue weighted by Gasteiger charge is 2.59. The van der Waals surface area contributed by atoms with Gasteiger partial charge >= 0.3 is 23.9 Å². The quantitative estimate of drug-likeness (QED) is 0.435. The smallest absolute Gasteiger partial charge is 0.453 e. The number of carbonyl (C=O) groups excluding carboxylic acids is 2. The van der Waals surface area contributed by atoms with Crippen molar-refractivity contribution in [2.24, 2.45) is 11.7 Å². The number of hydrogen-bond acceptors (Lipinski definition) is 8. The third-order valence-electron chi connectivity index (χ3n) is 5.46. The highest BCUT2D eigenvalue weighted by molar-refractivity contribution is 6.03. The molecule has 0 bridgehead atoms. The second-order valence-electron chi connectivity index (χ2n) is 7.76. The number of fused-ring (bicyclic) bond motifs is 1. The fourth-order valence-corrected chi connectivity index (χ4v) is 3.64. The second kappa shape index (κ2) is 9.90. The van der Waals surface area contributed by atoms with Crippen LogP contribution in [0.15, 0.2) is 42.5 Å². The molecule has 0 amide bonds. The van der Waals surface area contributed by atoms with Crippen LogP contribution in [0.4, 0.5) is 13.2 Å². The SMILES string of the molecule is COC(=O)C1(C(=O)OC)Oc2ccc(CC(CN)CC(O)c3ccc(C(F)(F)F)cc3)cc2O1. The monoisotopic (exact) mass is 483 g/mol. The molecule has 3 rings (SSSR count). The fraction of sp³-hybridized carbons (Fsp3) is 0.391. The summed E-state index contributed by atoms with van der Waals surface area (Å²) >= 11 is 0. The van der Waals surface area contributed by atoms with Crippen molar-refractivity contribution in [1.82, 2.24) is 0 Å². The Morgan fingerprint density at radius 1 is 1.03 bits per heavy atom. The van der Waals surface area contributed by atoms with Gasteiger partial charge in [0, 0.05) is 0 Å². The lowest BCUT2D eigenvalue weighted by Crippen LogP contribution is -2.55. The number of methoxy groups -OCH3 is 2. The minimum absolute atomic E-state index is 0.118. The first-order valence-corrected chi connectivity index (χ1v) is 10.3. The Morgan fingerprint density at radius 3 is 2.15 bits per heavy atom. The summed E-state index contributed by atoms with van der Waals surface area (Å²) in [6.07, 6.45) is -4.89. The molecular formula is C23H24F3NO7. The van der Waals surface area contributed by atoms with Crippen LogP contribution in [-0.2, 0) is 31.7 Å². The number of nitrogens with two attached hydrogens (primary N) is 1. The van der Waals surface area contributed by atoms with E-state index in [0.717, 1.165) is 26.4 Å². The van der Waals surface area contributed by atoms with Crippen molar-refractivity contribution < 1.29 is 46.8 Å². The van der Waals surface area contributed by atoms with E-state index in [4.69, 9.17) is 15.2 Å². The maximum Gasteiger partial charge on any atom is 0.453 e. The molecule has 2 aromatic carbocycles. The largest absolute Gasteiger partial charge is 0.463 e. The molecule has 0 saturated heterocycles. The predicted octanol–water partition coefficient (Wildman–Crippen LogP) is 2.76. The molecule has 1 aliphatic heterocycles. The molecule has 1 aliphatic rings. The molecule has 0 spiro atoms. The van der Waals surface area contributed by atoms with Gasteiger partial charge in [-0.2, -0.15) is 13.2 Å². The Morgan fingerprint density at radius 2 is 1.62 bits per heavy atom. The van der Waals surface area contributed by atoms with E-state index in [1.165, 1.54) is 18.2 Å². The third-order valence-corrected chi connectivity index (χ3v) is 5.46. The first kappa shape index (κ1) is 25.3. The number of benzene rings is 2. The summed E-state index contributed by atoms with van der Waals surface area (Å²) in [7, 11) is 2.14. The van der Waals surface area contributed by atoms with Crippen LogP contribution < -0.4 is 15.2 Å². The summed E-state index contributed by atoms with van der Waals surface area (Å²) in [5.74, 6) is -4.56. The van der Waals surface area contributed by atoms with Crippen molar-refractivity contribution in [3.63, 3.8) is 0 Å². The van der Waals surface area contributed by atoms with Gasteiger partial charge in [0.05, 0.1) is 25.9 Å². The average molecular weight is 483 g/mol. The molecule has 0 radical (unpaired) electrons. The molecule has 0 aromatic heterocycles. The zero-order valence-corrected chi connectivity index (χ0v) is 18.4. The number of halogens is 3. The summed E-state index contributed by atoms with van der Waals surface area (Å²) < 4.78 is 58.4. The summed E-state index contributed by atoms with van der Waals surface area (Å²) in [4.78, 5) is 24.3. The van der Waals surface area contributed by atoms with E-state index in [-0.39, 0.29) is 30.4 Å². The van der Waals surface area contributed by atoms with E-state index in [0.29, 0.717) is 17.5 Å². The lowest BCUT2D eigenvalue weighted by atomic mass is 9.91. The van der Waals surface area contributed by atoms with Gasteiger partial charge in [-0.25, -0.2) is 9.59 Å². The van der Waals surface area contributed by atoms with Gasteiger partial charge in [-0.05, 0) is 60.7 Å². The highest BCUT2D eigenvalue weighted by atomic mass is 19.4. The van der Waals surface area contributed by atoms with Gasteiger partial charge in [-0.15, -0.1) is 0 Å². The molecule has 0 aliphatic carbocycles. The molecule has 2 atom stereocenters. The molecule has 2 aromatic rings. The van der Waals surface area contributed by atoms with Crippen LogP contribution >= 0.6 is 0 Å². The van der Waals surface area contributed by atoms with Gasteiger partial charge in [-0.3, -0.25) is 0 Å². The van der Waals surface area contributed by atoms with Crippen LogP contribution in [0.25, 0.3) is 0 Å². The van der Waals surface area contributed by atoms with E-state index >= 15 is 0 Å². The van der Waals surface area contributed by atoms with Crippen LogP contribution in [-0.4, -0.2) is 43.6 Å². The van der Waals surface area contributed by atoms with Crippen molar-refractivity contribution in [1.29, 1.82) is 0 Å². The number of aliphatic hydroxyl groups is 1. The Bertz CT molecular complexity index is 1020. The van der Waals surface area contributed by atoms with E-state index in [2.05, 4.69) is 9.47 Å². The standard InChI is InChI=1S/C23H24F3NO7/c1-31-20(29)22(21(30)32-2)33-18-8-3-13(11-19(18)34-22)9-14(12-27)10-17(28)15-4-6-16(7-5-15)23(24,25)26/h3-8,11,14,17,28H,9-10,12,27H2,1-2H3. The van der Waals surface area contributed by atoms with Gasteiger partial charge in [0.25, 0.3) is 0 Å². The fourth-order valence-electron chi connectivity index (χ4n) is 3.64. The number of esters is 2. The van der Waals surface area contributed by atoms with Crippen LogP contribution in [0.3, 0.4) is 0 Å². The van der Waals surface area contributed by atoms with Gasteiger partial charge in [-0.1, -0.05) is 18.2 Å². The zero-order valence-electron chi connectivity index (χ0n) is 18.4. The number of hydrogen-bond donors (Lipinski definition) is 2. The number of aliphatic hydroxyl groups excluding tert-OH is 1. The molecular weight excluding hydrogens is 459 g/mol. The van der Waals surface area contributed by atoms with Gasteiger partial charge in [0.15, 0.2) is 11.5 Å². The Labute approximate surface area is 193 Å². The molecule has 2 unspecified atom stereocenters. The zero-order chi connectivity index (χ0) is 25.1. The molecule has 11 heteroatoms. The lowest BCUT2D eigenvalue weighted by molar-refractivity contribution is -0.199. The molecule has 34 heavy (non-hydrogen) atoms.